The van der Waals surface area contributed by atoms with Gasteiger partial charge in [0.2, 0.25) is 10.9 Å². The first-order chi connectivity index (χ1) is 11.5. The predicted molar refractivity (Wildman–Crippen MR) is 90.9 cm³/mol. The number of nitrogens with one attached hydrogen (secondary N) is 1. The van der Waals surface area contributed by atoms with Crippen molar-refractivity contribution in [3.8, 4) is 0 Å². The van der Waals surface area contributed by atoms with Crippen LogP contribution in [0.5, 0.6) is 0 Å². The van der Waals surface area contributed by atoms with Gasteiger partial charge in [-0.1, -0.05) is 17.4 Å². The van der Waals surface area contributed by atoms with Gasteiger partial charge in [-0.15, -0.1) is 10.2 Å². The highest BCUT2D eigenvalue weighted by Gasteiger charge is 2.30. The average Bonchev–Trinajstić information content (AvgIpc) is 3.03. The third kappa shape index (κ3) is 3.76. The van der Waals surface area contributed by atoms with Crippen molar-refractivity contribution >= 4 is 29.0 Å². The molecule has 1 aliphatic rings. The number of piperidine rings is 1. The van der Waals surface area contributed by atoms with Crippen LogP contribution in [-0.4, -0.2) is 45.0 Å². The fraction of sp³-hybridized carbons (Fsp3) is 0.438. The Bertz CT molecular complexity index is 743. The van der Waals surface area contributed by atoms with Crippen molar-refractivity contribution in [1.82, 2.24) is 20.1 Å². The summed E-state index contributed by atoms with van der Waals surface area (Å²) in [4.78, 5) is 30.8. The van der Waals surface area contributed by atoms with Crippen molar-refractivity contribution in [2.45, 2.75) is 26.7 Å². The Hall–Kier alpha value is -2.35. The summed E-state index contributed by atoms with van der Waals surface area (Å²) in [5, 5.41) is 11.8. The molecule has 1 fully saturated rings. The van der Waals surface area contributed by atoms with Gasteiger partial charge in [-0.25, -0.2) is 4.98 Å². The van der Waals surface area contributed by atoms with Crippen molar-refractivity contribution in [2.24, 2.45) is 5.92 Å². The summed E-state index contributed by atoms with van der Waals surface area (Å²) >= 11 is 1.28. The zero-order valence-corrected chi connectivity index (χ0v) is 14.5. The summed E-state index contributed by atoms with van der Waals surface area (Å²) in [5.74, 6) is 0.0532. The van der Waals surface area contributed by atoms with Crippen LogP contribution >= 0.6 is 11.3 Å². The molecule has 3 heterocycles. The molecule has 126 valence electrons. The highest BCUT2D eigenvalue weighted by molar-refractivity contribution is 7.13. The van der Waals surface area contributed by atoms with E-state index in [0.29, 0.717) is 23.9 Å². The van der Waals surface area contributed by atoms with Gasteiger partial charge in [0, 0.05) is 19.3 Å². The fourth-order valence-electron chi connectivity index (χ4n) is 2.66. The van der Waals surface area contributed by atoms with E-state index in [0.717, 1.165) is 23.4 Å². The first-order valence-corrected chi connectivity index (χ1v) is 8.67. The van der Waals surface area contributed by atoms with E-state index in [1.165, 1.54) is 11.3 Å². The van der Waals surface area contributed by atoms with Gasteiger partial charge in [-0.05, 0) is 38.3 Å². The average molecular weight is 345 g/mol. The topological polar surface area (TPSA) is 88.1 Å². The molecule has 24 heavy (non-hydrogen) atoms. The van der Waals surface area contributed by atoms with Crippen LogP contribution in [0.15, 0.2) is 18.3 Å². The first-order valence-electron chi connectivity index (χ1n) is 7.86. The summed E-state index contributed by atoms with van der Waals surface area (Å²) < 4.78 is 0. The summed E-state index contributed by atoms with van der Waals surface area (Å²) in [6.07, 6.45) is 3.27. The van der Waals surface area contributed by atoms with Crippen molar-refractivity contribution in [3.63, 3.8) is 0 Å². The number of aryl methyl sites for hydroxylation is 2. The predicted octanol–water partition coefficient (Wildman–Crippen LogP) is 2.04. The van der Waals surface area contributed by atoms with Crippen molar-refractivity contribution in [1.29, 1.82) is 0 Å². The van der Waals surface area contributed by atoms with Gasteiger partial charge in [0.1, 0.15) is 10.8 Å². The zero-order chi connectivity index (χ0) is 17.1. The molecule has 0 bridgehead atoms. The number of hydrogen-bond acceptors (Lipinski definition) is 6. The molecule has 1 N–H and O–H groups in total. The molecule has 3 rings (SSSR count). The highest BCUT2D eigenvalue weighted by Crippen LogP contribution is 2.21. The van der Waals surface area contributed by atoms with E-state index in [2.05, 4.69) is 20.5 Å². The molecule has 2 aromatic rings. The highest BCUT2D eigenvalue weighted by atomic mass is 32.1. The number of hydrogen-bond donors (Lipinski definition) is 1. The van der Waals surface area contributed by atoms with Crippen LogP contribution in [0.3, 0.4) is 0 Å². The minimum atomic E-state index is -0.236. The Morgan fingerprint density at radius 2 is 2.12 bits per heavy atom. The van der Waals surface area contributed by atoms with Crippen molar-refractivity contribution in [3.05, 3.63) is 33.9 Å². The number of pyridine rings is 1. The zero-order valence-electron chi connectivity index (χ0n) is 13.7. The number of likely N-dealkylation sites (tertiary alicyclic amines) is 1. The summed E-state index contributed by atoms with van der Waals surface area (Å²) in [6, 6.07) is 3.68. The van der Waals surface area contributed by atoms with Crippen LogP contribution in [0.4, 0.5) is 5.82 Å². The molecule has 7 nitrogen and oxygen atoms in total. The van der Waals surface area contributed by atoms with Crippen LogP contribution < -0.4 is 5.32 Å². The third-order valence-corrected chi connectivity index (χ3v) is 4.78. The van der Waals surface area contributed by atoms with E-state index in [9.17, 15) is 9.59 Å². The lowest BCUT2D eigenvalue weighted by atomic mass is 9.97. The molecule has 2 aromatic heterocycles. The van der Waals surface area contributed by atoms with E-state index in [1.807, 2.05) is 19.9 Å². The molecule has 2 amide bonds. The summed E-state index contributed by atoms with van der Waals surface area (Å²) in [7, 11) is 0. The lowest BCUT2D eigenvalue weighted by Gasteiger charge is -2.31. The van der Waals surface area contributed by atoms with Gasteiger partial charge in [0.25, 0.3) is 5.91 Å². The lowest BCUT2D eigenvalue weighted by molar-refractivity contribution is -0.121. The van der Waals surface area contributed by atoms with E-state index < -0.39 is 0 Å². The number of rotatable bonds is 3. The van der Waals surface area contributed by atoms with Crippen LogP contribution in [0.1, 0.15) is 33.2 Å². The summed E-state index contributed by atoms with van der Waals surface area (Å²) in [5.41, 5.74) is 1.04. The Kier molecular flexibility index (Phi) is 4.84. The van der Waals surface area contributed by atoms with Gasteiger partial charge in [0.05, 0.1) is 5.92 Å². The minimum Gasteiger partial charge on any atom is -0.336 e. The van der Waals surface area contributed by atoms with E-state index in [-0.39, 0.29) is 17.7 Å². The number of aromatic nitrogens is 3. The maximum atomic E-state index is 12.5. The first kappa shape index (κ1) is 16.5. The molecule has 0 saturated carbocycles. The number of carbonyl (C=O) groups is 2. The van der Waals surface area contributed by atoms with Crippen molar-refractivity contribution < 1.29 is 9.59 Å². The molecule has 1 saturated heterocycles. The molecule has 0 aliphatic carbocycles. The Morgan fingerprint density at radius 3 is 2.79 bits per heavy atom. The van der Waals surface area contributed by atoms with E-state index in [1.54, 1.807) is 17.2 Å². The molecular formula is C16H19N5O2S. The fourth-order valence-corrected chi connectivity index (χ4v) is 3.32. The Morgan fingerprint density at radius 1 is 1.29 bits per heavy atom. The van der Waals surface area contributed by atoms with Gasteiger partial charge >= 0.3 is 0 Å². The summed E-state index contributed by atoms with van der Waals surface area (Å²) in [6.45, 7) is 4.80. The molecule has 0 aromatic carbocycles. The maximum Gasteiger partial charge on any atom is 0.284 e. The Balaban J connectivity index is 1.63. The second-order valence-electron chi connectivity index (χ2n) is 5.93. The van der Waals surface area contributed by atoms with Crippen LogP contribution in [0, 0.1) is 19.8 Å². The molecule has 0 radical (unpaired) electrons. The van der Waals surface area contributed by atoms with E-state index in [4.69, 9.17) is 0 Å². The van der Waals surface area contributed by atoms with Crippen LogP contribution in [-0.2, 0) is 4.79 Å². The van der Waals surface area contributed by atoms with Gasteiger partial charge in [-0.3, -0.25) is 9.59 Å². The van der Waals surface area contributed by atoms with Gasteiger partial charge in [-0.2, -0.15) is 0 Å². The number of amides is 2. The van der Waals surface area contributed by atoms with Gasteiger partial charge in [0.15, 0.2) is 0 Å². The Labute approximate surface area is 144 Å². The molecule has 0 spiro atoms. The smallest absolute Gasteiger partial charge is 0.284 e. The van der Waals surface area contributed by atoms with E-state index >= 15 is 0 Å². The quantitative estimate of drug-likeness (QED) is 0.920. The molecule has 8 heteroatoms. The van der Waals surface area contributed by atoms with Crippen LogP contribution in [0.25, 0.3) is 0 Å². The van der Waals surface area contributed by atoms with Gasteiger partial charge < -0.3 is 10.2 Å². The molecule has 1 atom stereocenters. The lowest BCUT2D eigenvalue weighted by Crippen LogP contribution is -2.43. The normalized spacial score (nSPS) is 17.6. The SMILES string of the molecule is Cc1ccc(NC(=O)C2CCCN(C(=O)c3nnc(C)s3)C2)nc1. The second-order valence-corrected chi connectivity index (χ2v) is 7.11. The standard InChI is InChI=1S/C16H19N5O2S/c1-10-5-6-13(17-8-10)18-14(22)12-4-3-7-21(9-12)16(23)15-20-19-11(2)24-15/h5-6,8,12H,3-4,7,9H2,1-2H3,(H,17,18,22). The number of nitrogens with zero attached hydrogens (tertiary/aromatic N) is 4. The monoisotopic (exact) mass is 345 g/mol. The molecular weight excluding hydrogens is 326 g/mol. The molecule has 1 aliphatic heterocycles. The molecule has 1 unspecified atom stereocenters. The maximum absolute atomic E-state index is 12.5. The largest absolute Gasteiger partial charge is 0.336 e. The van der Waals surface area contributed by atoms with Crippen LogP contribution in [0.2, 0.25) is 0 Å². The second kappa shape index (κ2) is 7.04. The third-order valence-electron chi connectivity index (χ3n) is 3.95. The van der Waals surface area contributed by atoms with Crippen molar-refractivity contribution in [2.75, 3.05) is 18.4 Å². The number of carbonyl (C=O) groups excluding carboxylic acids is 2. The minimum absolute atomic E-state index is 0.0997. The number of anilines is 1.